The Balaban J connectivity index is 0.00000441. The van der Waals surface area contributed by atoms with Gasteiger partial charge in [0.05, 0.1) is 11.3 Å². The molecule has 1 unspecified atom stereocenters. The summed E-state index contributed by atoms with van der Waals surface area (Å²) in [7, 11) is 0. The first-order valence-corrected chi connectivity index (χ1v) is 8.10. The fourth-order valence-corrected chi connectivity index (χ4v) is 2.78. The SMILES string of the molecule is O=C(CCCCC(S)CCS)Nc1ccccc1C(=O)O.[Zn+2]. The summed E-state index contributed by atoms with van der Waals surface area (Å²) >= 11 is 8.59. The van der Waals surface area contributed by atoms with Crippen LogP contribution in [0.3, 0.4) is 0 Å². The molecule has 1 amide bonds. The molecule has 116 valence electrons. The van der Waals surface area contributed by atoms with Crippen molar-refractivity contribution >= 4 is 42.8 Å². The molecule has 1 rings (SSSR count). The van der Waals surface area contributed by atoms with Crippen molar-refractivity contribution in [2.45, 2.75) is 37.4 Å². The van der Waals surface area contributed by atoms with Gasteiger partial charge in [0, 0.05) is 11.7 Å². The average Bonchev–Trinajstić information content (AvgIpc) is 2.44. The van der Waals surface area contributed by atoms with Crippen molar-refractivity contribution in [2.24, 2.45) is 0 Å². The first kappa shape index (κ1) is 21.5. The summed E-state index contributed by atoms with van der Waals surface area (Å²) in [6.45, 7) is 0. The summed E-state index contributed by atoms with van der Waals surface area (Å²) in [6.07, 6.45) is 4.00. The molecule has 0 fully saturated rings. The second-order valence-electron chi connectivity index (χ2n) is 4.81. The first-order valence-electron chi connectivity index (χ1n) is 6.95. The van der Waals surface area contributed by atoms with Crippen molar-refractivity contribution in [2.75, 3.05) is 11.1 Å². The van der Waals surface area contributed by atoms with Crippen LogP contribution in [-0.2, 0) is 24.3 Å². The number of carboxylic acid groups (broad SMARTS) is 1. The fourth-order valence-electron chi connectivity index (χ4n) is 1.95. The maximum Gasteiger partial charge on any atom is 2.00 e. The zero-order chi connectivity index (χ0) is 15.7. The van der Waals surface area contributed by atoms with Crippen LogP contribution in [0, 0.1) is 0 Å². The molecular weight excluding hydrogens is 372 g/mol. The number of benzene rings is 1. The van der Waals surface area contributed by atoms with Crippen molar-refractivity contribution < 1.29 is 34.2 Å². The van der Waals surface area contributed by atoms with E-state index in [9.17, 15) is 9.59 Å². The number of nitrogens with one attached hydrogen (secondary N) is 1. The van der Waals surface area contributed by atoms with Crippen molar-refractivity contribution in [3.63, 3.8) is 0 Å². The van der Waals surface area contributed by atoms with Crippen LogP contribution in [0.2, 0.25) is 0 Å². The van der Waals surface area contributed by atoms with Crippen LogP contribution in [-0.4, -0.2) is 28.0 Å². The third kappa shape index (κ3) is 8.20. The molecule has 0 saturated carbocycles. The number of hydrogen-bond acceptors (Lipinski definition) is 4. The van der Waals surface area contributed by atoms with Crippen LogP contribution in [0.25, 0.3) is 0 Å². The molecule has 1 aromatic carbocycles. The number of carbonyl (C=O) groups is 2. The zero-order valence-corrected chi connectivity index (χ0v) is 17.3. The number of carboxylic acids is 1. The molecule has 2 N–H and O–H groups in total. The third-order valence-electron chi connectivity index (χ3n) is 3.09. The molecule has 0 aliphatic rings. The predicted octanol–water partition coefficient (Wildman–Crippen LogP) is 3.50. The number of unbranched alkanes of at least 4 members (excludes halogenated alkanes) is 1. The summed E-state index contributed by atoms with van der Waals surface area (Å²) < 4.78 is 0. The van der Waals surface area contributed by atoms with E-state index in [4.69, 9.17) is 5.11 Å². The van der Waals surface area contributed by atoms with Crippen LogP contribution >= 0.6 is 25.3 Å². The van der Waals surface area contributed by atoms with Gasteiger partial charge in [-0.2, -0.15) is 25.3 Å². The maximum atomic E-state index is 11.8. The van der Waals surface area contributed by atoms with Crippen LogP contribution in [0.1, 0.15) is 42.5 Å². The Hall–Kier alpha value is -0.517. The average molecular weight is 393 g/mol. The van der Waals surface area contributed by atoms with Crippen molar-refractivity contribution in [3.05, 3.63) is 29.8 Å². The molecule has 0 aliphatic carbocycles. The van der Waals surface area contributed by atoms with Crippen molar-refractivity contribution in [3.8, 4) is 0 Å². The first-order chi connectivity index (χ1) is 10.0. The Labute approximate surface area is 155 Å². The van der Waals surface area contributed by atoms with Gasteiger partial charge in [-0.15, -0.1) is 0 Å². The summed E-state index contributed by atoms with van der Waals surface area (Å²) in [5.74, 6) is -0.384. The molecule has 0 spiro atoms. The minimum absolute atomic E-state index is 0. The van der Waals surface area contributed by atoms with E-state index in [1.54, 1.807) is 18.2 Å². The van der Waals surface area contributed by atoms with Gasteiger partial charge in [0.1, 0.15) is 0 Å². The molecule has 1 atom stereocenters. The van der Waals surface area contributed by atoms with Crippen molar-refractivity contribution in [1.82, 2.24) is 0 Å². The van der Waals surface area contributed by atoms with Crippen LogP contribution in [0.4, 0.5) is 5.69 Å². The number of thiol groups is 2. The molecule has 0 heterocycles. The van der Waals surface area contributed by atoms with Gasteiger partial charge in [-0.1, -0.05) is 18.6 Å². The molecule has 0 saturated heterocycles. The van der Waals surface area contributed by atoms with E-state index in [2.05, 4.69) is 30.6 Å². The largest absolute Gasteiger partial charge is 2.00 e. The molecule has 0 bridgehead atoms. The van der Waals surface area contributed by atoms with Crippen LogP contribution in [0.5, 0.6) is 0 Å². The summed E-state index contributed by atoms with van der Waals surface area (Å²) in [6, 6.07) is 6.40. The van der Waals surface area contributed by atoms with Gasteiger partial charge in [0.25, 0.3) is 0 Å². The van der Waals surface area contributed by atoms with E-state index in [-0.39, 0.29) is 30.9 Å². The minimum Gasteiger partial charge on any atom is -0.478 e. The van der Waals surface area contributed by atoms with E-state index in [0.717, 1.165) is 31.4 Å². The van der Waals surface area contributed by atoms with Gasteiger partial charge in [0.15, 0.2) is 0 Å². The zero-order valence-electron chi connectivity index (χ0n) is 12.5. The van der Waals surface area contributed by atoms with Gasteiger partial charge < -0.3 is 10.4 Å². The van der Waals surface area contributed by atoms with Gasteiger partial charge in [-0.05, 0) is 37.1 Å². The van der Waals surface area contributed by atoms with E-state index in [1.807, 2.05) is 0 Å². The van der Waals surface area contributed by atoms with E-state index in [0.29, 0.717) is 17.4 Å². The number of rotatable bonds is 9. The number of aromatic carboxylic acids is 1. The molecule has 0 radical (unpaired) electrons. The summed E-state index contributed by atoms with van der Waals surface area (Å²) in [5.41, 5.74) is 0.451. The molecule has 4 nitrogen and oxygen atoms in total. The predicted molar refractivity (Wildman–Crippen MR) is 91.7 cm³/mol. The summed E-state index contributed by atoms with van der Waals surface area (Å²) in [5, 5.41) is 12.0. The smallest absolute Gasteiger partial charge is 0.478 e. The second kappa shape index (κ2) is 12.0. The second-order valence-corrected chi connectivity index (χ2v) is 5.99. The Bertz CT molecular complexity index is 486. The number of para-hydroxylation sites is 1. The van der Waals surface area contributed by atoms with Gasteiger partial charge in [0.2, 0.25) is 5.91 Å². The van der Waals surface area contributed by atoms with E-state index in [1.165, 1.54) is 6.07 Å². The number of hydrogen-bond donors (Lipinski definition) is 4. The maximum absolute atomic E-state index is 11.8. The van der Waals surface area contributed by atoms with E-state index >= 15 is 0 Å². The van der Waals surface area contributed by atoms with Gasteiger partial charge >= 0.3 is 25.4 Å². The van der Waals surface area contributed by atoms with Crippen LogP contribution in [0.15, 0.2) is 24.3 Å². The topological polar surface area (TPSA) is 66.4 Å². The van der Waals surface area contributed by atoms with Gasteiger partial charge in [-0.25, -0.2) is 4.79 Å². The van der Waals surface area contributed by atoms with Gasteiger partial charge in [-0.3, -0.25) is 4.79 Å². The quantitative estimate of drug-likeness (QED) is 0.295. The molecule has 0 aromatic heterocycles. The van der Waals surface area contributed by atoms with E-state index < -0.39 is 5.97 Å². The minimum atomic E-state index is -1.05. The Morgan fingerprint density at radius 3 is 2.50 bits per heavy atom. The number of carbonyl (C=O) groups excluding carboxylic acids is 1. The van der Waals surface area contributed by atoms with Crippen molar-refractivity contribution in [1.29, 1.82) is 0 Å². The standard InChI is InChI=1S/C15H21NO3S2.Zn/c17-14(8-4-1-5-11(21)9-10-20)16-13-7-3-2-6-12(13)15(18)19;/h2-3,6-7,11,20-21H,1,4-5,8-10H2,(H,16,17)(H,18,19);/q;+2. The normalized spacial score (nSPS) is 11.4. The third-order valence-corrected chi connectivity index (χ3v) is 3.86. The Kier molecular flexibility index (Phi) is 11.7. The molecular formula is C15H21NO3S2Zn+2. The number of anilines is 1. The molecule has 1 aromatic rings. The summed E-state index contributed by atoms with van der Waals surface area (Å²) in [4.78, 5) is 22.9. The Morgan fingerprint density at radius 1 is 1.18 bits per heavy atom. The monoisotopic (exact) mass is 391 g/mol. The van der Waals surface area contributed by atoms with Crippen LogP contribution < -0.4 is 5.32 Å². The molecule has 7 heteroatoms. The fraction of sp³-hybridized carbons (Fsp3) is 0.467. The number of amides is 1. The Morgan fingerprint density at radius 2 is 1.86 bits per heavy atom. The molecule has 0 aliphatic heterocycles. The molecule has 22 heavy (non-hydrogen) atoms.